The first kappa shape index (κ1) is 14.4. The van der Waals surface area contributed by atoms with Crippen LogP contribution < -0.4 is 16.0 Å². The third kappa shape index (κ3) is 3.21. The average Bonchev–Trinajstić information content (AvgIpc) is 2.93. The molecule has 0 spiro atoms. The fourth-order valence-corrected chi connectivity index (χ4v) is 3.28. The number of aryl methyl sites for hydroxylation is 1. The van der Waals surface area contributed by atoms with Crippen LogP contribution in [0.1, 0.15) is 44.1 Å². The summed E-state index contributed by atoms with van der Waals surface area (Å²) in [5, 5.41) is 3.01. The van der Waals surface area contributed by atoms with Crippen LogP contribution in [-0.2, 0) is 4.79 Å². The van der Waals surface area contributed by atoms with Gasteiger partial charge in [-0.15, -0.1) is 0 Å². The predicted octanol–water partition coefficient (Wildman–Crippen LogP) is 2.81. The van der Waals surface area contributed by atoms with Gasteiger partial charge in [-0.2, -0.15) is 0 Å². The predicted molar refractivity (Wildman–Crippen MR) is 86.6 cm³/mol. The molecule has 3 N–H and O–H groups in total. The monoisotopic (exact) mass is 287 g/mol. The molecule has 4 nitrogen and oxygen atoms in total. The van der Waals surface area contributed by atoms with Crippen molar-refractivity contribution in [3.8, 4) is 0 Å². The largest absolute Gasteiger partial charge is 0.372 e. The summed E-state index contributed by atoms with van der Waals surface area (Å²) >= 11 is 0. The lowest BCUT2D eigenvalue weighted by Gasteiger charge is -2.37. The number of nitrogens with zero attached hydrogens (tertiary/aromatic N) is 1. The molecule has 4 heteroatoms. The van der Waals surface area contributed by atoms with Crippen LogP contribution in [0, 0.1) is 6.92 Å². The Hall–Kier alpha value is -1.55. The Kier molecular flexibility index (Phi) is 3.89. The SMILES string of the molecule is Cc1cc(N2CCCC2)ccc1NC(=O)CC1(N)CCC1. The fourth-order valence-electron chi connectivity index (χ4n) is 3.28. The summed E-state index contributed by atoms with van der Waals surface area (Å²) in [6.07, 6.45) is 6.06. The lowest BCUT2D eigenvalue weighted by atomic mass is 9.75. The highest BCUT2D eigenvalue weighted by Crippen LogP contribution is 2.32. The maximum absolute atomic E-state index is 12.1. The van der Waals surface area contributed by atoms with Gasteiger partial charge < -0.3 is 16.0 Å². The summed E-state index contributed by atoms with van der Waals surface area (Å²) in [6, 6.07) is 6.29. The van der Waals surface area contributed by atoms with Gasteiger partial charge in [0.1, 0.15) is 0 Å². The second-order valence-electron chi connectivity index (χ2n) is 6.63. The Morgan fingerprint density at radius 3 is 2.57 bits per heavy atom. The van der Waals surface area contributed by atoms with E-state index < -0.39 is 0 Å². The van der Waals surface area contributed by atoms with E-state index in [1.807, 2.05) is 6.07 Å². The fraction of sp³-hybridized carbons (Fsp3) is 0.588. The molecule has 1 heterocycles. The van der Waals surface area contributed by atoms with Crippen molar-refractivity contribution in [3.63, 3.8) is 0 Å². The van der Waals surface area contributed by atoms with E-state index in [1.54, 1.807) is 0 Å². The van der Waals surface area contributed by atoms with E-state index in [9.17, 15) is 4.79 Å². The first-order valence-electron chi connectivity index (χ1n) is 8.00. The van der Waals surface area contributed by atoms with Crippen molar-refractivity contribution in [1.29, 1.82) is 0 Å². The summed E-state index contributed by atoms with van der Waals surface area (Å²) in [7, 11) is 0. The normalized spacial score (nSPS) is 20.2. The third-order valence-electron chi connectivity index (χ3n) is 4.82. The van der Waals surface area contributed by atoms with Gasteiger partial charge in [-0.1, -0.05) is 0 Å². The molecule has 1 saturated heterocycles. The lowest BCUT2D eigenvalue weighted by Crippen LogP contribution is -2.48. The van der Waals surface area contributed by atoms with Gasteiger partial charge in [0, 0.05) is 36.4 Å². The van der Waals surface area contributed by atoms with Gasteiger partial charge in [0.2, 0.25) is 5.91 Å². The van der Waals surface area contributed by atoms with Crippen molar-refractivity contribution in [2.75, 3.05) is 23.3 Å². The topological polar surface area (TPSA) is 58.4 Å². The van der Waals surface area contributed by atoms with Crippen molar-refractivity contribution < 1.29 is 4.79 Å². The second-order valence-corrected chi connectivity index (χ2v) is 6.63. The first-order chi connectivity index (χ1) is 10.1. The zero-order valence-corrected chi connectivity index (χ0v) is 12.8. The van der Waals surface area contributed by atoms with Gasteiger partial charge in [0.05, 0.1) is 0 Å². The minimum atomic E-state index is -0.256. The molecule has 114 valence electrons. The molecule has 2 fully saturated rings. The number of nitrogens with two attached hydrogens (primary N) is 1. The molecular formula is C17H25N3O. The minimum Gasteiger partial charge on any atom is -0.372 e. The second kappa shape index (κ2) is 5.68. The molecule has 1 aliphatic heterocycles. The van der Waals surface area contributed by atoms with Gasteiger partial charge >= 0.3 is 0 Å². The van der Waals surface area contributed by atoms with E-state index in [0.717, 1.165) is 43.6 Å². The number of hydrogen-bond donors (Lipinski definition) is 2. The maximum atomic E-state index is 12.1. The molecule has 1 saturated carbocycles. The van der Waals surface area contributed by atoms with Crippen LogP contribution >= 0.6 is 0 Å². The molecule has 1 amide bonds. The van der Waals surface area contributed by atoms with Crippen LogP contribution in [0.3, 0.4) is 0 Å². The van der Waals surface area contributed by atoms with Crippen LogP contribution in [-0.4, -0.2) is 24.5 Å². The van der Waals surface area contributed by atoms with E-state index in [4.69, 9.17) is 5.73 Å². The number of rotatable bonds is 4. The average molecular weight is 287 g/mol. The van der Waals surface area contributed by atoms with E-state index in [2.05, 4.69) is 29.3 Å². The van der Waals surface area contributed by atoms with Crippen molar-refractivity contribution in [1.82, 2.24) is 0 Å². The highest BCUT2D eigenvalue weighted by atomic mass is 16.1. The van der Waals surface area contributed by atoms with Crippen LogP contribution in [0.2, 0.25) is 0 Å². The molecule has 1 aromatic rings. The minimum absolute atomic E-state index is 0.0363. The van der Waals surface area contributed by atoms with E-state index in [0.29, 0.717) is 6.42 Å². The zero-order chi connectivity index (χ0) is 14.9. The van der Waals surface area contributed by atoms with Crippen molar-refractivity contribution in [2.24, 2.45) is 5.73 Å². The summed E-state index contributed by atoms with van der Waals surface area (Å²) in [6.45, 7) is 4.33. The number of amides is 1. The molecule has 0 bridgehead atoms. The van der Waals surface area contributed by atoms with Crippen LogP contribution in [0.4, 0.5) is 11.4 Å². The van der Waals surface area contributed by atoms with Crippen LogP contribution in [0.15, 0.2) is 18.2 Å². The van der Waals surface area contributed by atoms with Gasteiger partial charge in [-0.05, 0) is 62.8 Å². The standard InChI is InChI=1S/C17H25N3O/c1-13-11-14(20-9-2-3-10-20)5-6-15(13)19-16(21)12-17(18)7-4-8-17/h5-6,11H,2-4,7-10,12,18H2,1H3,(H,19,21). The Bertz CT molecular complexity index is 531. The summed E-state index contributed by atoms with van der Waals surface area (Å²) < 4.78 is 0. The molecular weight excluding hydrogens is 262 g/mol. The molecule has 1 aromatic carbocycles. The third-order valence-corrected chi connectivity index (χ3v) is 4.82. The molecule has 21 heavy (non-hydrogen) atoms. The molecule has 0 unspecified atom stereocenters. The molecule has 0 radical (unpaired) electrons. The van der Waals surface area contributed by atoms with Crippen LogP contribution in [0.5, 0.6) is 0 Å². The number of carbonyl (C=O) groups is 1. The summed E-state index contributed by atoms with van der Waals surface area (Å²) in [5.41, 5.74) is 9.17. The molecule has 0 aromatic heterocycles. The number of benzene rings is 1. The van der Waals surface area contributed by atoms with Crippen molar-refractivity contribution in [2.45, 2.75) is 51.0 Å². The summed E-state index contributed by atoms with van der Waals surface area (Å²) in [4.78, 5) is 14.5. The first-order valence-corrected chi connectivity index (χ1v) is 8.00. The molecule has 2 aliphatic rings. The molecule has 1 aliphatic carbocycles. The number of carbonyl (C=O) groups excluding carboxylic acids is 1. The van der Waals surface area contributed by atoms with Crippen molar-refractivity contribution in [3.05, 3.63) is 23.8 Å². The Morgan fingerprint density at radius 1 is 1.29 bits per heavy atom. The van der Waals surface area contributed by atoms with E-state index in [1.165, 1.54) is 18.5 Å². The Labute approximate surface area is 126 Å². The van der Waals surface area contributed by atoms with E-state index >= 15 is 0 Å². The van der Waals surface area contributed by atoms with E-state index in [-0.39, 0.29) is 11.4 Å². The zero-order valence-electron chi connectivity index (χ0n) is 12.8. The number of hydrogen-bond acceptors (Lipinski definition) is 3. The maximum Gasteiger partial charge on any atom is 0.226 e. The molecule has 3 rings (SSSR count). The Balaban J connectivity index is 1.63. The lowest BCUT2D eigenvalue weighted by molar-refractivity contribution is -0.118. The highest BCUT2D eigenvalue weighted by Gasteiger charge is 2.34. The van der Waals surface area contributed by atoms with Gasteiger partial charge in [-0.25, -0.2) is 0 Å². The quantitative estimate of drug-likeness (QED) is 0.895. The Morgan fingerprint density at radius 2 is 2.00 bits per heavy atom. The van der Waals surface area contributed by atoms with Crippen LogP contribution in [0.25, 0.3) is 0 Å². The number of anilines is 2. The molecule has 0 atom stereocenters. The van der Waals surface area contributed by atoms with Gasteiger partial charge in [0.15, 0.2) is 0 Å². The van der Waals surface area contributed by atoms with Gasteiger partial charge in [-0.3, -0.25) is 4.79 Å². The highest BCUT2D eigenvalue weighted by molar-refractivity contribution is 5.92. The van der Waals surface area contributed by atoms with Gasteiger partial charge in [0.25, 0.3) is 0 Å². The smallest absolute Gasteiger partial charge is 0.226 e. The van der Waals surface area contributed by atoms with Crippen molar-refractivity contribution >= 4 is 17.3 Å². The number of nitrogens with one attached hydrogen (secondary N) is 1. The summed E-state index contributed by atoms with van der Waals surface area (Å²) in [5.74, 6) is 0.0363.